The first-order chi connectivity index (χ1) is 11.1. The van der Waals surface area contributed by atoms with Crippen molar-refractivity contribution in [2.75, 3.05) is 31.1 Å². The number of nitrogens with zero attached hydrogens (tertiary/aromatic N) is 4. The van der Waals surface area contributed by atoms with E-state index in [0.717, 1.165) is 31.0 Å². The molecule has 0 spiro atoms. The molecule has 0 radical (unpaired) electrons. The Labute approximate surface area is 145 Å². The number of carbonyl (C=O) groups is 1. The number of hydrogen-bond donors (Lipinski definition) is 0. The zero-order chi connectivity index (χ0) is 18.0. The lowest BCUT2D eigenvalue weighted by Crippen LogP contribution is -2.39. The molecule has 0 unspecified atom stereocenters. The van der Waals surface area contributed by atoms with Crippen molar-refractivity contribution in [1.82, 2.24) is 14.9 Å². The van der Waals surface area contributed by atoms with Crippen molar-refractivity contribution in [3.63, 3.8) is 0 Å². The predicted molar refractivity (Wildman–Crippen MR) is 95.4 cm³/mol. The highest BCUT2D eigenvalue weighted by Gasteiger charge is 2.25. The van der Waals surface area contributed by atoms with Crippen molar-refractivity contribution < 1.29 is 9.53 Å². The maximum atomic E-state index is 12.3. The molecule has 1 aromatic rings. The number of anilines is 1. The number of carbonyl (C=O) groups excluding carboxylic acids is 1. The van der Waals surface area contributed by atoms with Crippen LogP contribution >= 0.6 is 0 Å². The van der Waals surface area contributed by atoms with E-state index >= 15 is 0 Å². The van der Waals surface area contributed by atoms with E-state index in [1.807, 2.05) is 20.8 Å². The quantitative estimate of drug-likeness (QED) is 0.789. The molecule has 0 saturated carbocycles. The van der Waals surface area contributed by atoms with Crippen LogP contribution in [0.3, 0.4) is 0 Å². The highest BCUT2D eigenvalue weighted by molar-refractivity contribution is 5.68. The Balaban J connectivity index is 2.05. The Morgan fingerprint density at radius 3 is 2.38 bits per heavy atom. The van der Waals surface area contributed by atoms with Crippen LogP contribution in [0.2, 0.25) is 0 Å². The summed E-state index contributed by atoms with van der Waals surface area (Å²) in [6, 6.07) is 2.06. The fourth-order valence-electron chi connectivity index (χ4n) is 2.59. The molecule has 1 aliphatic rings. The molecule has 1 saturated heterocycles. The van der Waals surface area contributed by atoms with Gasteiger partial charge in [0.05, 0.1) is 5.69 Å². The van der Waals surface area contributed by atoms with Crippen molar-refractivity contribution in [3.05, 3.63) is 18.1 Å². The van der Waals surface area contributed by atoms with Gasteiger partial charge in [0.1, 0.15) is 17.7 Å². The Morgan fingerprint density at radius 1 is 1.04 bits per heavy atom. The van der Waals surface area contributed by atoms with E-state index in [1.54, 1.807) is 11.2 Å². The van der Waals surface area contributed by atoms with Gasteiger partial charge in [-0.15, -0.1) is 0 Å². The second-order valence-electron chi connectivity index (χ2n) is 8.32. The van der Waals surface area contributed by atoms with Gasteiger partial charge in [-0.05, 0) is 27.2 Å². The monoisotopic (exact) mass is 334 g/mol. The standard InChI is InChI=1S/C18H30N4O2/c1-17(2,3)14-12-15(20-13-19-14)21-8-7-9-22(11-10-21)16(23)24-18(4,5)6/h12-13H,7-11H2,1-6H3. The molecule has 134 valence electrons. The molecule has 0 bridgehead atoms. The lowest BCUT2D eigenvalue weighted by Gasteiger charge is -2.27. The van der Waals surface area contributed by atoms with Crippen LogP contribution in [0.4, 0.5) is 10.6 Å². The molecule has 1 aliphatic heterocycles. The molecule has 2 rings (SSSR count). The van der Waals surface area contributed by atoms with Crippen molar-refractivity contribution in [2.24, 2.45) is 0 Å². The Kier molecular flexibility index (Phi) is 5.35. The van der Waals surface area contributed by atoms with Gasteiger partial charge in [-0.2, -0.15) is 0 Å². The lowest BCUT2D eigenvalue weighted by atomic mass is 9.92. The van der Waals surface area contributed by atoms with E-state index in [9.17, 15) is 4.79 Å². The minimum Gasteiger partial charge on any atom is -0.444 e. The Morgan fingerprint density at radius 2 is 1.75 bits per heavy atom. The first kappa shape index (κ1) is 18.5. The van der Waals surface area contributed by atoms with Gasteiger partial charge in [0.25, 0.3) is 0 Å². The molecule has 6 heteroatoms. The fourth-order valence-corrected chi connectivity index (χ4v) is 2.59. The Bertz CT molecular complexity index is 575. The van der Waals surface area contributed by atoms with Gasteiger partial charge in [-0.25, -0.2) is 14.8 Å². The van der Waals surface area contributed by atoms with Crippen LogP contribution in [-0.4, -0.2) is 52.7 Å². The smallest absolute Gasteiger partial charge is 0.410 e. The molecule has 2 heterocycles. The van der Waals surface area contributed by atoms with E-state index in [2.05, 4.69) is 41.7 Å². The summed E-state index contributed by atoms with van der Waals surface area (Å²) in [6.45, 7) is 15.1. The number of aromatic nitrogens is 2. The van der Waals surface area contributed by atoms with Gasteiger partial charge in [-0.3, -0.25) is 0 Å². The molecule has 1 fully saturated rings. The van der Waals surface area contributed by atoms with Crippen molar-refractivity contribution in [1.29, 1.82) is 0 Å². The topological polar surface area (TPSA) is 58.6 Å². The first-order valence-corrected chi connectivity index (χ1v) is 8.62. The zero-order valence-electron chi connectivity index (χ0n) is 15.8. The first-order valence-electron chi connectivity index (χ1n) is 8.62. The number of amides is 1. The van der Waals surface area contributed by atoms with Crippen molar-refractivity contribution in [3.8, 4) is 0 Å². The summed E-state index contributed by atoms with van der Waals surface area (Å²) < 4.78 is 5.48. The molecular formula is C18H30N4O2. The highest BCUT2D eigenvalue weighted by Crippen LogP contribution is 2.23. The van der Waals surface area contributed by atoms with Gasteiger partial charge in [0.2, 0.25) is 0 Å². The summed E-state index contributed by atoms with van der Waals surface area (Å²) in [5.74, 6) is 0.931. The van der Waals surface area contributed by atoms with Crippen molar-refractivity contribution in [2.45, 2.75) is 59.0 Å². The normalized spacial score (nSPS) is 16.8. The van der Waals surface area contributed by atoms with E-state index in [1.165, 1.54) is 0 Å². The van der Waals surface area contributed by atoms with Crippen LogP contribution in [-0.2, 0) is 10.2 Å². The average Bonchev–Trinajstić information content (AvgIpc) is 2.70. The van der Waals surface area contributed by atoms with Gasteiger partial charge in [-0.1, -0.05) is 20.8 Å². The molecular weight excluding hydrogens is 304 g/mol. The van der Waals surface area contributed by atoms with E-state index in [4.69, 9.17) is 4.74 Å². The third-order valence-corrected chi connectivity index (χ3v) is 3.89. The minimum absolute atomic E-state index is 0.00785. The Hall–Kier alpha value is -1.85. The van der Waals surface area contributed by atoms with Crippen LogP contribution in [0.1, 0.15) is 53.7 Å². The number of rotatable bonds is 1. The van der Waals surface area contributed by atoms with Crippen molar-refractivity contribution >= 4 is 11.9 Å². The molecule has 24 heavy (non-hydrogen) atoms. The maximum Gasteiger partial charge on any atom is 0.410 e. The van der Waals surface area contributed by atoms with Crippen LogP contribution in [0.25, 0.3) is 0 Å². The molecule has 0 aliphatic carbocycles. The number of ether oxygens (including phenoxy) is 1. The summed E-state index contributed by atoms with van der Waals surface area (Å²) >= 11 is 0. The SMILES string of the molecule is CC(C)(C)OC(=O)N1CCCN(c2cc(C(C)(C)C)ncn2)CC1. The third kappa shape index (κ3) is 5.08. The van der Waals surface area contributed by atoms with Gasteiger partial charge in [0.15, 0.2) is 0 Å². The molecule has 6 nitrogen and oxygen atoms in total. The third-order valence-electron chi connectivity index (χ3n) is 3.89. The second-order valence-corrected chi connectivity index (χ2v) is 8.32. The lowest BCUT2D eigenvalue weighted by molar-refractivity contribution is 0.0263. The zero-order valence-corrected chi connectivity index (χ0v) is 15.8. The summed E-state index contributed by atoms with van der Waals surface area (Å²) in [5, 5.41) is 0. The maximum absolute atomic E-state index is 12.3. The van der Waals surface area contributed by atoms with E-state index in [0.29, 0.717) is 13.1 Å². The van der Waals surface area contributed by atoms with Crippen LogP contribution in [0.5, 0.6) is 0 Å². The van der Waals surface area contributed by atoms with Crippen LogP contribution in [0, 0.1) is 0 Å². The fraction of sp³-hybridized carbons (Fsp3) is 0.722. The highest BCUT2D eigenvalue weighted by atomic mass is 16.6. The summed E-state index contributed by atoms with van der Waals surface area (Å²) in [4.78, 5) is 25.1. The average molecular weight is 334 g/mol. The van der Waals surface area contributed by atoms with Gasteiger partial charge in [0, 0.05) is 37.7 Å². The summed E-state index contributed by atoms with van der Waals surface area (Å²) in [6.07, 6.45) is 2.29. The van der Waals surface area contributed by atoms with Gasteiger partial charge < -0.3 is 14.5 Å². The largest absolute Gasteiger partial charge is 0.444 e. The summed E-state index contributed by atoms with van der Waals surface area (Å²) in [5.41, 5.74) is 0.560. The van der Waals surface area contributed by atoms with Crippen LogP contribution in [0.15, 0.2) is 12.4 Å². The molecule has 1 aromatic heterocycles. The predicted octanol–water partition coefficient (Wildman–Crippen LogP) is 3.22. The molecule has 0 N–H and O–H groups in total. The molecule has 1 amide bonds. The molecule has 0 aromatic carbocycles. The van der Waals surface area contributed by atoms with Gasteiger partial charge >= 0.3 is 6.09 Å². The van der Waals surface area contributed by atoms with E-state index in [-0.39, 0.29) is 11.5 Å². The minimum atomic E-state index is -0.461. The second kappa shape index (κ2) is 6.95. The summed E-state index contributed by atoms with van der Waals surface area (Å²) in [7, 11) is 0. The molecule has 0 atom stereocenters. The number of hydrogen-bond acceptors (Lipinski definition) is 5. The van der Waals surface area contributed by atoms with Crippen LogP contribution < -0.4 is 4.90 Å². The van der Waals surface area contributed by atoms with E-state index < -0.39 is 5.60 Å².